The molecule has 3 aliphatic carbocycles. The number of benzene rings is 2. The first-order chi connectivity index (χ1) is 13.2. The first-order valence-corrected chi connectivity index (χ1v) is 11.3. The van der Waals surface area contributed by atoms with Gasteiger partial charge < -0.3 is 0 Å². The summed E-state index contributed by atoms with van der Waals surface area (Å²) in [4.78, 5) is 0. The number of hydrogen-bond acceptors (Lipinski definition) is 0. The van der Waals surface area contributed by atoms with Crippen molar-refractivity contribution in [2.24, 2.45) is 17.3 Å². The van der Waals surface area contributed by atoms with Crippen molar-refractivity contribution < 1.29 is 0 Å². The van der Waals surface area contributed by atoms with E-state index in [1.807, 2.05) is 0 Å². The molecule has 0 nitrogen and oxygen atoms in total. The summed E-state index contributed by atoms with van der Waals surface area (Å²) in [7, 11) is 0. The second kappa shape index (κ2) is 6.80. The van der Waals surface area contributed by atoms with Crippen molar-refractivity contribution in [1.82, 2.24) is 0 Å². The van der Waals surface area contributed by atoms with Crippen LogP contribution >= 0.6 is 0 Å². The molecular formula is C27H34. The fourth-order valence-corrected chi connectivity index (χ4v) is 7.15. The lowest BCUT2D eigenvalue weighted by atomic mass is 9.49. The Hall–Kier alpha value is -1.56. The summed E-state index contributed by atoms with van der Waals surface area (Å²) in [6.07, 6.45) is 12.7. The first kappa shape index (κ1) is 17.5. The molecule has 0 N–H and O–H groups in total. The third kappa shape index (κ3) is 2.87. The molecule has 4 atom stereocenters. The topological polar surface area (TPSA) is 0 Å². The van der Waals surface area contributed by atoms with Gasteiger partial charge in [-0.05, 0) is 103 Å². The molecule has 0 aliphatic heterocycles. The van der Waals surface area contributed by atoms with E-state index in [0.29, 0.717) is 5.41 Å². The predicted octanol–water partition coefficient (Wildman–Crippen LogP) is 7.22. The van der Waals surface area contributed by atoms with Crippen LogP contribution in [0.5, 0.6) is 0 Å². The highest BCUT2D eigenvalue weighted by atomic mass is 14.5. The molecule has 2 saturated carbocycles. The molecule has 0 unspecified atom stereocenters. The molecule has 142 valence electrons. The fraction of sp³-hybridized carbons (Fsp3) is 0.556. The zero-order valence-corrected chi connectivity index (χ0v) is 17.1. The standard InChI is InChI=1S/C27H34/c1-19-11-13-22-23(25(19)18-20-8-4-3-5-9-20)15-16-26-24(22)14-12-21-10-6-7-17-27(21,26)2/h3-5,8-9,11,13,21,24,26H,6-7,10,12,14-18H2,1-2H3/t21-,24+,26-,27+/m1/s1. The zero-order chi connectivity index (χ0) is 18.4. The molecule has 0 heteroatoms. The van der Waals surface area contributed by atoms with Gasteiger partial charge in [-0.15, -0.1) is 0 Å². The minimum absolute atomic E-state index is 0.614. The molecule has 0 heterocycles. The maximum atomic E-state index is 2.66. The number of aryl methyl sites for hydroxylation is 1. The normalized spacial score (nSPS) is 32.3. The highest BCUT2D eigenvalue weighted by Gasteiger charge is 2.50. The van der Waals surface area contributed by atoms with Crippen LogP contribution in [0.4, 0.5) is 0 Å². The number of hydrogen-bond donors (Lipinski definition) is 0. The van der Waals surface area contributed by atoms with Crippen LogP contribution in [0.3, 0.4) is 0 Å². The molecule has 0 spiro atoms. The molecule has 0 aromatic heterocycles. The Morgan fingerprint density at radius 3 is 2.63 bits per heavy atom. The maximum absolute atomic E-state index is 2.66. The van der Waals surface area contributed by atoms with E-state index in [-0.39, 0.29) is 0 Å². The van der Waals surface area contributed by atoms with E-state index in [0.717, 1.165) is 24.2 Å². The highest BCUT2D eigenvalue weighted by Crippen LogP contribution is 2.61. The van der Waals surface area contributed by atoms with E-state index in [9.17, 15) is 0 Å². The molecule has 5 rings (SSSR count). The van der Waals surface area contributed by atoms with Gasteiger partial charge in [0.25, 0.3) is 0 Å². The first-order valence-electron chi connectivity index (χ1n) is 11.3. The van der Waals surface area contributed by atoms with Crippen molar-refractivity contribution in [2.45, 2.75) is 77.6 Å². The van der Waals surface area contributed by atoms with Gasteiger partial charge in [0.15, 0.2) is 0 Å². The van der Waals surface area contributed by atoms with E-state index in [1.165, 1.54) is 62.5 Å². The minimum atomic E-state index is 0.614. The largest absolute Gasteiger partial charge is 0.0622 e. The Kier molecular flexibility index (Phi) is 4.42. The van der Waals surface area contributed by atoms with Crippen molar-refractivity contribution in [3.63, 3.8) is 0 Å². The van der Waals surface area contributed by atoms with Gasteiger partial charge in [-0.3, -0.25) is 0 Å². The Morgan fingerprint density at radius 2 is 1.78 bits per heavy atom. The summed E-state index contributed by atoms with van der Waals surface area (Å²) in [5, 5.41) is 0. The molecule has 2 aromatic carbocycles. The van der Waals surface area contributed by atoms with Gasteiger partial charge in [0.1, 0.15) is 0 Å². The van der Waals surface area contributed by atoms with Crippen molar-refractivity contribution in [1.29, 1.82) is 0 Å². The number of rotatable bonds is 2. The van der Waals surface area contributed by atoms with Crippen LogP contribution in [0.25, 0.3) is 0 Å². The van der Waals surface area contributed by atoms with Crippen molar-refractivity contribution in [3.05, 3.63) is 70.3 Å². The maximum Gasteiger partial charge on any atom is -0.00203 e. The minimum Gasteiger partial charge on any atom is -0.0622 e. The van der Waals surface area contributed by atoms with Gasteiger partial charge in [0, 0.05) is 0 Å². The van der Waals surface area contributed by atoms with Crippen LogP contribution in [0.2, 0.25) is 0 Å². The van der Waals surface area contributed by atoms with Crippen LogP contribution < -0.4 is 0 Å². The van der Waals surface area contributed by atoms with Crippen LogP contribution in [0.15, 0.2) is 42.5 Å². The van der Waals surface area contributed by atoms with Crippen molar-refractivity contribution in [2.75, 3.05) is 0 Å². The second-order valence-electron chi connectivity index (χ2n) is 9.87. The third-order valence-electron chi connectivity index (χ3n) is 8.64. The SMILES string of the molecule is Cc1ccc2c(c1Cc1ccccc1)CC[C@@H]1[C@H]2CC[C@H]2CCCC[C@@]21C. The van der Waals surface area contributed by atoms with Gasteiger partial charge in [-0.2, -0.15) is 0 Å². The summed E-state index contributed by atoms with van der Waals surface area (Å²) >= 11 is 0. The Bertz CT molecular complexity index is 817. The lowest BCUT2D eigenvalue weighted by molar-refractivity contribution is -0.0204. The average Bonchev–Trinajstić information content (AvgIpc) is 2.70. The molecule has 0 radical (unpaired) electrons. The van der Waals surface area contributed by atoms with Gasteiger partial charge in [-0.1, -0.05) is 62.2 Å². The smallest absolute Gasteiger partial charge is 0.00203 e. The van der Waals surface area contributed by atoms with Crippen LogP contribution in [-0.2, 0) is 12.8 Å². The van der Waals surface area contributed by atoms with Crippen molar-refractivity contribution in [3.8, 4) is 0 Å². The Balaban J connectivity index is 1.52. The molecule has 0 bridgehead atoms. The lowest BCUT2D eigenvalue weighted by Crippen LogP contribution is -2.46. The second-order valence-corrected chi connectivity index (χ2v) is 9.87. The summed E-state index contributed by atoms with van der Waals surface area (Å²) < 4.78 is 0. The van der Waals surface area contributed by atoms with E-state index >= 15 is 0 Å². The molecule has 2 fully saturated rings. The summed E-state index contributed by atoms with van der Waals surface area (Å²) in [5.74, 6) is 2.75. The summed E-state index contributed by atoms with van der Waals surface area (Å²) in [6.45, 7) is 4.99. The highest BCUT2D eigenvalue weighted by molar-refractivity contribution is 5.47. The quantitative estimate of drug-likeness (QED) is 0.531. The zero-order valence-electron chi connectivity index (χ0n) is 17.1. The van der Waals surface area contributed by atoms with E-state index in [1.54, 1.807) is 16.7 Å². The Morgan fingerprint density at radius 1 is 0.926 bits per heavy atom. The number of fused-ring (bicyclic) bond motifs is 5. The monoisotopic (exact) mass is 358 g/mol. The average molecular weight is 359 g/mol. The summed E-state index contributed by atoms with van der Waals surface area (Å²) in [6, 6.07) is 16.0. The van der Waals surface area contributed by atoms with Crippen LogP contribution in [0.1, 0.15) is 85.6 Å². The molecular weight excluding hydrogens is 324 g/mol. The third-order valence-corrected chi connectivity index (χ3v) is 8.64. The van der Waals surface area contributed by atoms with E-state index in [4.69, 9.17) is 0 Å². The van der Waals surface area contributed by atoms with Crippen LogP contribution in [-0.4, -0.2) is 0 Å². The molecule has 0 saturated heterocycles. The van der Waals surface area contributed by atoms with E-state index in [2.05, 4.69) is 56.3 Å². The van der Waals surface area contributed by atoms with Crippen molar-refractivity contribution >= 4 is 0 Å². The Labute approximate surface area is 165 Å². The lowest BCUT2D eigenvalue weighted by Gasteiger charge is -2.56. The van der Waals surface area contributed by atoms with Gasteiger partial charge in [-0.25, -0.2) is 0 Å². The molecule has 2 aromatic rings. The van der Waals surface area contributed by atoms with Gasteiger partial charge in [0.05, 0.1) is 0 Å². The van der Waals surface area contributed by atoms with Gasteiger partial charge >= 0.3 is 0 Å². The summed E-state index contributed by atoms with van der Waals surface area (Å²) in [5.41, 5.74) is 8.65. The molecule has 3 aliphatic rings. The van der Waals surface area contributed by atoms with E-state index < -0.39 is 0 Å². The molecule has 0 amide bonds. The predicted molar refractivity (Wildman–Crippen MR) is 114 cm³/mol. The molecule has 27 heavy (non-hydrogen) atoms. The van der Waals surface area contributed by atoms with Crippen LogP contribution in [0, 0.1) is 24.2 Å². The fourth-order valence-electron chi connectivity index (χ4n) is 7.15. The van der Waals surface area contributed by atoms with Gasteiger partial charge in [0.2, 0.25) is 0 Å².